The van der Waals surface area contributed by atoms with Crippen molar-refractivity contribution in [2.75, 3.05) is 13.1 Å². The molecule has 2 heterocycles. The zero-order valence-corrected chi connectivity index (χ0v) is 13.3. The van der Waals surface area contributed by atoms with E-state index in [1.165, 1.54) is 44.8 Å². The lowest BCUT2D eigenvalue weighted by atomic mass is 9.68. The van der Waals surface area contributed by atoms with Crippen LogP contribution in [-0.4, -0.2) is 19.2 Å². The third-order valence-electron chi connectivity index (χ3n) is 5.55. The van der Waals surface area contributed by atoms with Crippen molar-refractivity contribution in [3.8, 4) is 5.75 Å². The van der Waals surface area contributed by atoms with E-state index >= 15 is 0 Å². The van der Waals surface area contributed by atoms with Gasteiger partial charge in [-0.1, -0.05) is 0 Å². The molecule has 0 atom stereocenters. The Balaban J connectivity index is 1.43. The largest absolute Gasteiger partial charge is 0.490 e. The lowest BCUT2D eigenvalue weighted by Gasteiger charge is -2.43. The number of hydrogen-bond donors (Lipinski definition) is 1. The maximum absolute atomic E-state index is 11.2. The molecule has 1 N–H and O–H groups in total. The van der Waals surface area contributed by atoms with E-state index in [9.17, 15) is 4.79 Å². The fourth-order valence-electron chi connectivity index (χ4n) is 4.09. The Bertz CT molecular complexity index is 736. The summed E-state index contributed by atoms with van der Waals surface area (Å²) in [7, 11) is 0. The van der Waals surface area contributed by atoms with E-state index in [0.29, 0.717) is 17.1 Å². The number of benzene rings is 1. The van der Waals surface area contributed by atoms with Gasteiger partial charge in [-0.05, 0) is 81.3 Å². The van der Waals surface area contributed by atoms with Crippen molar-refractivity contribution in [3.63, 3.8) is 0 Å². The zero-order valence-electron chi connectivity index (χ0n) is 13.3. The Labute approximate surface area is 135 Å². The van der Waals surface area contributed by atoms with Crippen LogP contribution >= 0.6 is 0 Å². The van der Waals surface area contributed by atoms with Gasteiger partial charge in [-0.2, -0.15) is 0 Å². The summed E-state index contributed by atoms with van der Waals surface area (Å²) in [4.78, 5) is 11.2. The van der Waals surface area contributed by atoms with Crippen molar-refractivity contribution in [1.82, 2.24) is 5.32 Å². The fraction of sp³-hybridized carbons (Fsp3) is 0.526. The maximum Gasteiger partial charge on any atom is 0.336 e. The van der Waals surface area contributed by atoms with Gasteiger partial charge in [-0.3, -0.25) is 0 Å². The lowest BCUT2D eigenvalue weighted by molar-refractivity contribution is 0.0572. The van der Waals surface area contributed by atoms with Gasteiger partial charge in [-0.25, -0.2) is 4.79 Å². The van der Waals surface area contributed by atoms with E-state index in [0.717, 1.165) is 24.0 Å². The molecular formula is C19H23NO3. The van der Waals surface area contributed by atoms with Crippen molar-refractivity contribution >= 4 is 11.0 Å². The highest BCUT2D eigenvalue weighted by molar-refractivity contribution is 5.77. The quantitative estimate of drug-likeness (QED) is 0.862. The molecule has 4 nitrogen and oxygen atoms in total. The van der Waals surface area contributed by atoms with E-state index < -0.39 is 0 Å². The Hall–Kier alpha value is -1.81. The van der Waals surface area contributed by atoms with Crippen molar-refractivity contribution in [2.45, 2.75) is 44.6 Å². The molecular weight excluding hydrogens is 290 g/mol. The van der Waals surface area contributed by atoms with Crippen molar-refractivity contribution in [2.24, 2.45) is 5.41 Å². The van der Waals surface area contributed by atoms with Crippen LogP contribution in [-0.2, 0) is 0 Å². The molecule has 0 radical (unpaired) electrons. The average Bonchev–Trinajstić information content (AvgIpc) is 2.58. The van der Waals surface area contributed by atoms with Gasteiger partial charge in [0.1, 0.15) is 11.3 Å². The minimum Gasteiger partial charge on any atom is -0.490 e. The molecule has 1 aliphatic heterocycles. The van der Waals surface area contributed by atoms with E-state index in [4.69, 9.17) is 9.15 Å². The first kappa shape index (κ1) is 14.8. The summed E-state index contributed by atoms with van der Waals surface area (Å²) in [5.74, 6) is 0.873. The Morgan fingerprint density at radius 3 is 2.61 bits per heavy atom. The SMILES string of the molecule is O=c1ccc2cc(OC3CCC4(CCNCC4)CC3)ccc2o1. The molecule has 1 saturated carbocycles. The predicted molar refractivity (Wildman–Crippen MR) is 89.9 cm³/mol. The highest BCUT2D eigenvalue weighted by Crippen LogP contribution is 2.44. The van der Waals surface area contributed by atoms with Crippen LogP contribution in [0.2, 0.25) is 0 Å². The van der Waals surface area contributed by atoms with E-state index in [1.54, 1.807) is 6.07 Å². The highest BCUT2D eigenvalue weighted by Gasteiger charge is 2.36. The minimum atomic E-state index is -0.314. The molecule has 0 amide bonds. The maximum atomic E-state index is 11.2. The van der Waals surface area contributed by atoms with Crippen molar-refractivity contribution in [1.29, 1.82) is 0 Å². The van der Waals surface area contributed by atoms with Gasteiger partial charge in [0.15, 0.2) is 0 Å². The summed E-state index contributed by atoms with van der Waals surface area (Å²) >= 11 is 0. The first-order valence-electron chi connectivity index (χ1n) is 8.64. The molecule has 1 spiro atoms. The second-order valence-electron chi connectivity index (χ2n) is 7.02. The third-order valence-corrected chi connectivity index (χ3v) is 5.55. The molecule has 23 heavy (non-hydrogen) atoms. The van der Waals surface area contributed by atoms with E-state index in [2.05, 4.69) is 5.32 Å². The van der Waals surface area contributed by atoms with E-state index in [1.807, 2.05) is 18.2 Å². The summed E-state index contributed by atoms with van der Waals surface area (Å²) in [5, 5.41) is 4.38. The number of nitrogens with one attached hydrogen (secondary N) is 1. The fourth-order valence-corrected chi connectivity index (χ4v) is 4.09. The minimum absolute atomic E-state index is 0.309. The highest BCUT2D eigenvalue weighted by atomic mass is 16.5. The molecule has 0 bridgehead atoms. The summed E-state index contributed by atoms with van der Waals surface area (Å²) < 4.78 is 11.4. The van der Waals surface area contributed by atoms with Crippen LogP contribution in [0.3, 0.4) is 0 Å². The molecule has 1 saturated heterocycles. The van der Waals surface area contributed by atoms with Crippen LogP contribution in [0.25, 0.3) is 11.0 Å². The number of piperidine rings is 1. The topological polar surface area (TPSA) is 51.5 Å². The van der Waals surface area contributed by atoms with Crippen LogP contribution in [0, 0.1) is 5.41 Å². The number of fused-ring (bicyclic) bond motifs is 1. The van der Waals surface area contributed by atoms with Crippen molar-refractivity contribution in [3.05, 3.63) is 40.8 Å². The molecule has 2 aliphatic rings. The Morgan fingerprint density at radius 1 is 1.04 bits per heavy atom. The van der Waals surface area contributed by atoms with Crippen LogP contribution in [0.5, 0.6) is 5.75 Å². The molecule has 1 aromatic heterocycles. The Kier molecular flexibility index (Phi) is 3.85. The second kappa shape index (κ2) is 6.00. The lowest BCUT2D eigenvalue weighted by Crippen LogP contribution is -2.40. The monoisotopic (exact) mass is 313 g/mol. The normalized spacial score (nSPS) is 21.6. The molecule has 4 rings (SSSR count). The number of rotatable bonds is 2. The van der Waals surface area contributed by atoms with Gasteiger partial charge in [0, 0.05) is 11.5 Å². The van der Waals surface area contributed by atoms with Crippen LogP contribution in [0.15, 0.2) is 39.5 Å². The molecule has 2 aromatic rings. The van der Waals surface area contributed by atoms with Gasteiger partial charge >= 0.3 is 5.63 Å². The average molecular weight is 313 g/mol. The number of hydrogen-bond acceptors (Lipinski definition) is 4. The Morgan fingerprint density at radius 2 is 1.83 bits per heavy atom. The first-order chi connectivity index (χ1) is 11.2. The van der Waals surface area contributed by atoms with E-state index in [-0.39, 0.29) is 5.63 Å². The molecule has 1 aliphatic carbocycles. The number of ether oxygens (including phenoxy) is 1. The standard InChI is InChI=1S/C19H23NO3/c21-18-4-1-14-13-16(2-3-17(14)23-18)22-15-5-7-19(8-6-15)9-11-20-12-10-19/h1-4,13,15,20H,5-12H2. The summed E-state index contributed by atoms with van der Waals surface area (Å²) in [6, 6.07) is 8.93. The molecule has 4 heteroatoms. The third kappa shape index (κ3) is 3.13. The molecule has 122 valence electrons. The second-order valence-corrected chi connectivity index (χ2v) is 7.02. The van der Waals surface area contributed by atoms with Gasteiger partial charge < -0.3 is 14.5 Å². The molecule has 0 unspecified atom stereocenters. The van der Waals surface area contributed by atoms with Gasteiger partial charge in [0.25, 0.3) is 0 Å². The summed E-state index contributed by atoms with van der Waals surface area (Å²) in [6.45, 7) is 2.34. The molecule has 2 fully saturated rings. The van der Waals surface area contributed by atoms with Crippen LogP contribution in [0.4, 0.5) is 0 Å². The smallest absolute Gasteiger partial charge is 0.336 e. The van der Waals surface area contributed by atoms with Gasteiger partial charge in [0.05, 0.1) is 6.10 Å². The first-order valence-corrected chi connectivity index (χ1v) is 8.64. The zero-order chi connectivity index (χ0) is 15.7. The van der Waals surface area contributed by atoms with Gasteiger partial charge in [-0.15, -0.1) is 0 Å². The van der Waals surface area contributed by atoms with Gasteiger partial charge in [0.2, 0.25) is 0 Å². The summed E-state index contributed by atoms with van der Waals surface area (Å²) in [5.41, 5.74) is 0.866. The predicted octanol–water partition coefficient (Wildman–Crippen LogP) is 3.48. The van der Waals surface area contributed by atoms with Crippen LogP contribution in [0.1, 0.15) is 38.5 Å². The summed E-state index contributed by atoms with van der Waals surface area (Å²) in [6.07, 6.45) is 7.78. The van der Waals surface area contributed by atoms with Crippen LogP contribution < -0.4 is 15.7 Å². The molecule has 1 aromatic carbocycles. The van der Waals surface area contributed by atoms with Crippen molar-refractivity contribution < 1.29 is 9.15 Å².